The van der Waals surface area contributed by atoms with E-state index in [4.69, 9.17) is 5.11 Å². The second kappa shape index (κ2) is 6.64. The lowest BCUT2D eigenvalue weighted by Gasteiger charge is -2.38. The molecule has 1 atom stereocenters. The Bertz CT molecular complexity index is 390. The zero-order valence-electron chi connectivity index (χ0n) is 13.1. The molecule has 0 bridgehead atoms. The van der Waals surface area contributed by atoms with Crippen LogP contribution >= 0.6 is 0 Å². The van der Waals surface area contributed by atoms with Gasteiger partial charge in [0, 0.05) is 32.2 Å². The van der Waals surface area contributed by atoms with E-state index in [1.165, 1.54) is 12.8 Å². The largest absolute Gasteiger partial charge is 0.480 e. The first kappa shape index (κ1) is 16.1. The monoisotopic (exact) mass is 297 g/mol. The first-order chi connectivity index (χ1) is 9.85. The molecule has 1 aliphatic carbocycles. The molecule has 2 aliphatic rings. The van der Waals surface area contributed by atoms with Crippen molar-refractivity contribution in [2.24, 2.45) is 5.41 Å². The van der Waals surface area contributed by atoms with Crippen molar-refractivity contribution in [1.82, 2.24) is 15.1 Å². The summed E-state index contributed by atoms with van der Waals surface area (Å²) >= 11 is 0. The predicted octanol–water partition coefficient (Wildman–Crippen LogP) is 1.37. The Hall–Kier alpha value is -1.30. The van der Waals surface area contributed by atoms with Gasteiger partial charge in [0.1, 0.15) is 0 Å². The van der Waals surface area contributed by atoms with Crippen LogP contribution in [-0.4, -0.2) is 65.7 Å². The fourth-order valence-electron chi connectivity index (χ4n) is 3.39. The van der Waals surface area contributed by atoms with Crippen molar-refractivity contribution in [1.29, 1.82) is 0 Å². The number of aliphatic carboxylic acids is 1. The SMILES string of the molecule is CC1(C)CCCC(NC(=O)N2CCN(CC(=O)O)CC2)C1. The highest BCUT2D eigenvalue weighted by molar-refractivity contribution is 5.74. The highest BCUT2D eigenvalue weighted by Crippen LogP contribution is 2.35. The second-order valence-electron chi connectivity index (χ2n) is 7.06. The van der Waals surface area contributed by atoms with E-state index in [1.807, 2.05) is 4.90 Å². The number of carbonyl (C=O) groups is 2. The standard InChI is InChI=1S/C15H27N3O3/c1-15(2)5-3-4-12(10-15)16-14(21)18-8-6-17(7-9-18)11-13(19)20/h12H,3-11H2,1-2H3,(H,16,21)(H,19,20). The average Bonchev–Trinajstić information content (AvgIpc) is 2.37. The van der Waals surface area contributed by atoms with E-state index in [1.54, 1.807) is 4.90 Å². The number of hydrogen-bond acceptors (Lipinski definition) is 3. The molecule has 0 aromatic heterocycles. The normalized spacial score (nSPS) is 26.4. The molecule has 1 aliphatic heterocycles. The maximum atomic E-state index is 12.3. The van der Waals surface area contributed by atoms with Gasteiger partial charge in [-0.3, -0.25) is 9.69 Å². The summed E-state index contributed by atoms with van der Waals surface area (Å²) in [6.45, 7) is 7.06. The predicted molar refractivity (Wildman–Crippen MR) is 80.2 cm³/mol. The quantitative estimate of drug-likeness (QED) is 0.825. The van der Waals surface area contributed by atoms with Gasteiger partial charge in [0.2, 0.25) is 0 Å². The minimum absolute atomic E-state index is 0.00711. The van der Waals surface area contributed by atoms with E-state index in [2.05, 4.69) is 19.2 Å². The third-order valence-corrected chi connectivity index (χ3v) is 4.55. The van der Waals surface area contributed by atoms with Crippen molar-refractivity contribution in [3.8, 4) is 0 Å². The van der Waals surface area contributed by atoms with E-state index in [0.29, 0.717) is 31.6 Å². The summed E-state index contributed by atoms with van der Waals surface area (Å²) in [5.41, 5.74) is 0.316. The van der Waals surface area contributed by atoms with Crippen LogP contribution in [0, 0.1) is 5.41 Å². The minimum atomic E-state index is -0.808. The number of piperazine rings is 1. The molecule has 1 unspecified atom stereocenters. The van der Waals surface area contributed by atoms with Gasteiger partial charge in [-0.15, -0.1) is 0 Å². The highest BCUT2D eigenvalue weighted by atomic mass is 16.4. The number of rotatable bonds is 3. The van der Waals surface area contributed by atoms with Gasteiger partial charge in [-0.1, -0.05) is 20.3 Å². The van der Waals surface area contributed by atoms with Crippen LogP contribution in [0.5, 0.6) is 0 Å². The fraction of sp³-hybridized carbons (Fsp3) is 0.867. The maximum absolute atomic E-state index is 12.3. The molecule has 120 valence electrons. The maximum Gasteiger partial charge on any atom is 0.317 e. The van der Waals surface area contributed by atoms with E-state index >= 15 is 0 Å². The van der Waals surface area contributed by atoms with Gasteiger partial charge < -0.3 is 15.3 Å². The van der Waals surface area contributed by atoms with Gasteiger partial charge in [0.05, 0.1) is 6.54 Å². The molecule has 2 amide bonds. The fourth-order valence-corrected chi connectivity index (χ4v) is 3.39. The molecule has 2 rings (SSSR count). The molecule has 0 aromatic rings. The first-order valence-corrected chi connectivity index (χ1v) is 7.85. The Labute approximate surface area is 126 Å². The molecule has 6 nitrogen and oxygen atoms in total. The van der Waals surface area contributed by atoms with Gasteiger partial charge in [-0.2, -0.15) is 0 Å². The zero-order chi connectivity index (χ0) is 15.5. The van der Waals surface area contributed by atoms with Gasteiger partial charge in [0.25, 0.3) is 0 Å². The van der Waals surface area contributed by atoms with Crippen LogP contribution in [0.1, 0.15) is 39.5 Å². The van der Waals surface area contributed by atoms with Crippen LogP contribution in [0.3, 0.4) is 0 Å². The van der Waals surface area contributed by atoms with E-state index in [-0.39, 0.29) is 18.6 Å². The molecule has 2 N–H and O–H groups in total. The first-order valence-electron chi connectivity index (χ1n) is 7.85. The molecule has 1 heterocycles. The Morgan fingerprint density at radius 2 is 1.90 bits per heavy atom. The molecule has 21 heavy (non-hydrogen) atoms. The van der Waals surface area contributed by atoms with Crippen LogP contribution in [0.2, 0.25) is 0 Å². The summed E-state index contributed by atoms with van der Waals surface area (Å²) in [4.78, 5) is 26.6. The van der Waals surface area contributed by atoms with Crippen molar-refractivity contribution in [3.63, 3.8) is 0 Å². The smallest absolute Gasteiger partial charge is 0.317 e. The van der Waals surface area contributed by atoms with Crippen molar-refractivity contribution in [3.05, 3.63) is 0 Å². The Balaban J connectivity index is 1.76. The number of amides is 2. The molecule has 1 saturated carbocycles. The zero-order valence-corrected chi connectivity index (χ0v) is 13.1. The van der Waals surface area contributed by atoms with E-state index in [9.17, 15) is 9.59 Å². The summed E-state index contributed by atoms with van der Waals surface area (Å²) in [5.74, 6) is -0.808. The van der Waals surface area contributed by atoms with Gasteiger partial charge in [0.15, 0.2) is 0 Å². The Morgan fingerprint density at radius 3 is 2.48 bits per heavy atom. The molecule has 2 fully saturated rings. The van der Waals surface area contributed by atoms with Crippen LogP contribution in [0.15, 0.2) is 0 Å². The molecular formula is C15H27N3O3. The lowest BCUT2D eigenvalue weighted by Crippen LogP contribution is -2.54. The van der Waals surface area contributed by atoms with E-state index in [0.717, 1.165) is 12.8 Å². The lowest BCUT2D eigenvalue weighted by atomic mass is 9.75. The van der Waals surface area contributed by atoms with Crippen molar-refractivity contribution < 1.29 is 14.7 Å². The van der Waals surface area contributed by atoms with E-state index < -0.39 is 5.97 Å². The third kappa shape index (κ3) is 4.88. The van der Waals surface area contributed by atoms with Crippen molar-refractivity contribution >= 4 is 12.0 Å². The molecule has 1 saturated heterocycles. The number of hydrogen-bond donors (Lipinski definition) is 2. The second-order valence-corrected chi connectivity index (χ2v) is 7.06. The number of nitrogens with one attached hydrogen (secondary N) is 1. The molecule has 0 radical (unpaired) electrons. The minimum Gasteiger partial charge on any atom is -0.480 e. The average molecular weight is 297 g/mol. The van der Waals surface area contributed by atoms with Crippen LogP contribution in [0.4, 0.5) is 4.79 Å². The summed E-state index contributed by atoms with van der Waals surface area (Å²) < 4.78 is 0. The molecule has 0 aromatic carbocycles. The number of nitrogens with zero attached hydrogens (tertiary/aromatic N) is 2. The van der Waals surface area contributed by atoms with Crippen molar-refractivity contribution in [2.75, 3.05) is 32.7 Å². The number of carboxylic acid groups (broad SMARTS) is 1. The summed E-state index contributed by atoms with van der Waals surface area (Å²) in [7, 11) is 0. The molecular weight excluding hydrogens is 270 g/mol. The summed E-state index contributed by atoms with van der Waals surface area (Å²) in [6.07, 6.45) is 4.50. The topological polar surface area (TPSA) is 72.9 Å². The van der Waals surface area contributed by atoms with Gasteiger partial charge >= 0.3 is 12.0 Å². The summed E-state index contributed by atoms with van der Waals surface area (Å²) in [6, 6.07) is 0.283. The Morgan fingerprint density at radius 1 is 1.24 bits per heavy atom. The summed E-state index contributed by atoms with van der Waals surface area (Å²) in [5, 5.41) is 11.9. The Kier molecular flexibility index (Phi) is 5.08. The van der Waals surface area contributed by atoms with Crippen LogP contribution in [-0.2, 0) is 4.79 Å². The van der Waals surface area contributed by atoms with Crippen molar-refractivity contribution in [2.45, 2.75) is 45.6 Å². The number of carbonyl (C=O) groups excluding carboxylic acids is 1. The lowest BCUT2D eigenvalue weighted by molar-refractivity contribution is -0.138. The molecule has 6 heteroatoms. The highest BCUT2D eigenvalue weighted by Gasteiger charge is 2.30. The van der Waals surface area contributed by atoms with Crippen LogP contribution in [0.25, 0.3) is 0 Å². The van der Waals surface area contributed by atoms with Gasteiger partial charge in [-0.05, 0) is 24.7 Å². The third-order valence-electron chi connectivity index (χ3n) is 4.55. The number of urea groups is 1. The molecule has 0 spiro atoms. The van der Waals surface area contributed by atoms with Gasteiger partial charge in [-0.25, -0.2) is 4.79 Å². The number of carboxylic acids is 1. The van der Waals surface area contributed by atoms with Crippen LogP contribution < -0.4 is 5.32 Å².